The fourth-order valence-electron chi connectivity index (χ4n) is 2.28. The van der Waals surface area contributed by atoms with E-state index in [4.69, 9.17) is 0 Å². The molecule has 0 saturated heterocycles. The van der Waals surface area contributed by atoms with Crippen LogP contribution in [0.4, 0.5) is 11.4 Å². The van der Waals surface area contributed by atoms with Crippen LogP contribution in [0.25, 0.3) is 6.08 Å². The van der Waals surface area contributed by atoms with Gasteiger partial charge in [-0.15, -0.1) is 0 Å². The molecule has 1 aliphatic rings. The normalized spacial score (nSPS) is 12.4. The number of anilines is 2. The summed E-state index contributed by atoms with van der Waals surface area (Å²) in [6, 6.07) is 15.7. The second-order valence-electron chi connectivity index (χ2n) is 4.80. The third-order valence-corrected chi connectivity index (χ3v) is 3.25. The number of rotatable bonds is 3. The molecule has 0 aromatic heterocycles. The molecule has 0 radical (unpaired) electrons. The molecular formula is C17H16N2O. The molecule has 2 N–H and O–H groups in total. The molecule has 0 bridgehead atoms. The third-order valence-electron chi connectivity index (χ3n) is 3.25. The summed E-state index contributed by atoms with van der Waals surface area (Å²) < 4.78 is 0. The summed E-state index contributed by atoms with van der Waals surface area (Å²) in [4.78, 5) is 12.0. The van der Waals surface area contributed by atoms with Gasteiger partial charge in [0.05, 0.1) is 6.42 Å². The highest BCUT2D eigenvalue weighted by molar-refractivity contribution is 5.93. The Bertz CT molecular complexity index is 647. The number of nitrogens with one attached hydrogen (secondary N) is 2. The molecule has 0 spiro atoms. The monoisotopic (exact) mass is 264 g/mol. The summed E-state index contributed by atoms with van der Waals surface area (Å²) in [6.07, 6.45) is 4.53. The van der Waals surface area contributed by atoms with E-state index in [-0.39, 0.29) is 5.91 Å². The Morgan fingerprint density at radius 3 is 2.85 bits per heavy atom. The molecule has 0 saturated carbocycles. The van der Waals surface area contributed by atoms with Gasteiger partial charge in [-0.1, -0.05) is 42.5 Å². The fourth-order valence-corrected chi connectivity index (χ4v) is 2.28. The van der Waals surface area contributed by atoms with E-state index < -0.39 is 0 Å². The predicted octanol–water partition coefficient (Wildman–Crippen LogP) is 3.31. The lowest BCUT2D eigenvalue weighted by molar-refractivity contribution is -0.115. The molecule has 1 amide bonds. The molecule has 3 heteroatoms. The largest absolute Gasteiger partial charge is 0.381 e. The van der Waals surface area contributed by atoms with Crippen molar-refractivity contribution >= 4 is 23.4 Å². The van der Waals surface area contributed by atoms with Gasteiger partial charge in [-0.25, -0.2) is 0 Å². The molecule has 20 heavy (non-hydrogen) atoms. The molecule has 3 rings (SSSR count). The predicted molar refractivity (Wildman–Crippen MR) is 82.7 cm³/mol. The van der Waals surface area contributed by atoms with Gasteiger partial charge in [0.25, 0.3) is 0 Å². The average molecular weight is 264 g/mol. The second-order valence-corrected chi connectivity index (χ2v) is 4.80. The van der Waals surface area contributed by atoms with Crippen molar-refractivity contribution in [1.29, 1.82) is 0 Å². The van der Waals surface area contributed by atoms with Gasteiger partial charge in [-0.05, 0) is 29.3 Å². The van der Waals surface area contributed by atoms with E-state index >= 15 is 0 Å². The Hall–Kier alpha value is -2.55. The summed E-state index contributed by atoms with van der Waals surface area (Å²) in [7, 11) is 0. The number of hydrogen-bond donors (Lipinski definition) is 2. The highest BCUT2D eigenvalue weighted by atomic mass is 16.1. The minimum absolute atomic E-state index is 0.00361. The van der Waals surface area contributed by atoms with E-state index in [0.717, 1.165) is 29.0 Å². The van der Waals surface area contributed by atoms with Gasteiger partial charge in [0.2, 0.25) is 5.91 Å². The number of carbonyl (C=O) groups is 1. The first kappa shape index (κ1) is 12.5. The van der Waals surface area contributed by atoms with Crippen LogP contribution in [0, 0.1) is 0 Å². The second kappa shape index (κ2) is 5.61. The first-order valence-electron chi connectivity index (χ1n) is 6.69. The fraction of sp³-hybridized carbons (Fsp3) is 0.118. The van der Waals surface area contributed by atoms with Crippen LogP contribution in [-0.4, -0.2) is 12.5 Å². The van der Waals surface area contributed by atoms with E-state index in [2.05, 4.69) is 22.8 Å². The number of carbonyl (C=O) groups excluding carboxylic acids is 1. The minimum atomic E-state index is 0.00361. The average Bonchev–Trinajstić information content (AvgIpc) is 2.48. The third kappa shape index (κ3) is 2.88. The number of amides is 1. The summed E-state index contributed by atoms with van der Waals surface area (Å²) in [6.45, 7) is 0.854. The van der Waals surface area contributed by atoms with E-state index in [1.807, 2.05) is 48.5 Å². The van der Waals surface area contributed by atoms with Gasteiger partial charge in [-0.2, -0.15) is 0 Å². The highest BCUT2D eigenvalue weighted by Gasteiger charge is 2.07. The molecule has 1 heterocycles. The van der Waals surface area contributed by atoms with Gasteiger partial charge in [0.15, 0.2) is 0 Å². The maximum Gasteiger partial charge on any atom is 0.228 e. The van der Waals surface area contributed by atoms with Gasteiger partial charge in [0.1, 0.15) is 0 Å². The number of benzene rings is 2. The van der Waals surface area contributed by atoms with Gasteiger partial charge in [0, 0.05) is 17.9 Å². The van der Waals surface area contributed by atoms with E-state index in [9.17, 15) is 4.79 Å². The molecule has 0 atom stereocenters. The van der Waals surface area contributed by atoms with Crippen LogP contribution in [0.3, 0.4) is 0 Å². The van der Waals surface area contributed by atoms with Crippen LogP contribution in [0.5, 0.6) is 0 Å². The Balaban J connectivity index is 1.69. The molecule has 3 nitrogen and oxygen atoms in total. The zero-order valence-electron chi connectivity index (χ0n) is 11.1. The topological polar surface area (TPSA) is 41.1 Å². The molecule has 0 aliphatic carbocycles. The van der Waals surface area contributed by atoms with Crippen molar-refractivity contribution in [2.24, 2.45) is 0 Å². The lowest BCUT2D eigenvalue weighted by Gasteiger charge is -2.14. The van der Waals surface area contributed by atoms with E-state index in [1.54, 1.807) is 0 Å². The smallest absolute Gasteiger partial charge is 0.228 e. The SMILES string of the molecule is O=C(Cc1ccccc1)Nc1ccc2c(c1)C=CCN2. The molecule has 100 valence electrons. The van der Waals surface area contributed by atoms with Crippen LogP contribution < -0.4 is 10.6 Å². The van der Waals surface area contributed by atoms with Crippen molar-refractivity contribution in [3.63, 3.8) is 0 Å². The molecular weight excluding hydrogens is 248 g/mol. The van der Waals surface area contributed by atoms with Crippen molar-refractivity contribution in [2.45, 2.75) is 6.42 Å². The van der Waals surface area contributed by atoms with Crippen LogP contribution in [0.2, 0.25) is 0 Å². The van der Waals surface area contributed by atoms with Crippen molar-refractivity contribution in [3.8, 4) is 0 Å². The molecule has 2 aromatic carbocycles. The Morgan fingerprint density at radius 2 is 2.00 bits per heavy atom. The summed E-state index contributed by atoms with van der Waals surface area (Å²) in [5.41, 5.74) is 4.06. The molecule has 2 aromatic rings. The standard InChI is InChI=1S/C17H16N2O/c20-17(11-13-5-2-1-3-6-13)19-15-8-9-16-14(12-15)7-4-10-18-16/h1-9,12,18H,10-11H2,(H,19,20). The zero-order chi connectivity index (χ0) is 13.8. The van der Waals surface area contributed by atoms with Gasteiger partial charge >= 0.3 is 0 Å². The quantitative estimate of drug-likeness (QED) is 0.893. The van der Waals surface area contributed by atoms with Crippen molar-refractivity contribution in [3.05, 3.63) is 65.7 Å². The van der Waals surface area contributed by atoms with Crippen molar-refractivity contribution in [1.82, 2.24) is 0 Å². The summed E-state index contributed by atoms with van der Waals surface area (Å²) in [5, 5.41) is 6.22. The molecule has 0 fully saturated rings. The van der Waals surface area contributed by atoms with Crippen LogP contribution in [0.15, 0.2) is 54.6 Å². The van der Waals surface area contributed by atoms with E-state index in [0.29, 0.717) is 6.42 Å². The molecule has 1 aliphatic heterocycles. The van der Waals surface area contributed by atoms with Crippen molar-refractivity contribution in [2.75, 3.05) is 17.2 Å². The zero-order valence-corrected chi connectivity index (χ0v) is 11.1. The minimum Gasteiger partial charge on any atom is -0.381 e. The van der Waals surface area contributed by atoms with Crippen LogP contribution in [0.1, 0.15) is 11.1 Å². The van der Waals surface area contributed by atoms with Gasteiger partial charge in [-0.3, -0.25) is 4.79 Å². The van der Waals surface area contributed by atoms with Crippen LogP contribution >= 0.6 is 0 Å². The Labute approximate surface area is 118 Å². The summed E-state index contributed by atoms with van der Waals surface area (Å²) >= 11 is 0. The summed E-state index contributed by atoms with van der Waals surface area (Å²) in [5.74, 6) is 0.00361. The Morgan fingerprint density at radius 1 is 1.15 bits per heavy atom. The van der Waals surface area contributed by atoms with E-state index in [1.165, 1.54) is 0 Å². The van der Waals surface area contributed by atoms with Gasteiger partial charge < -0.3 is 10.6 Å². The lowest BCUT2D eigenvalue weighted by Crippen LogP contribution is -2.14. The first-order chi connectivity index (χ1) is 9.81. The maximum atomic E-state index is 12.0. The number of hydrogen-bond acceptors (Lipinski definition) is 2. The molecule has 0 unspecified atom stereocenters. The Kier molecular flexibility index (Phi) is 3.50. The highest BCUT2D eigenvalue weighted by Crippen LogP contribution is 2.24. The van der Waals surface area contributed by atoms with Crippen molar-refractivity contribution < 1.29 is 4.79 Å². The first-order valence-corrected chi connectivity index (χ1v) is 6.69. The maximum absolute atomic E-state index is 12.0. The number of fused-ring (bicyclic) bond motifs is 1. The lowest BCUT2D eigenvalue weighted by atomic mass is 10.1. The van der Waals surface area contributed by atoms with Crippen LogP contribution in [-0.2, 0) is 11.2 Å².